The van der Waals surface area contributed by atoms with Crippen molar-refractivity contribution in [2.24, 2.45) is 5.73 Å². The van der Waals surface area contributed by atoms with Gasteiger partial charge in [0, 0.05) is 6.20 Å². The molecule has 3 heteroatoms. The molecular formula is C13H13ClN2. The van der Waals surface area contributed by atoms with E-state index in [2.05, 4.69) is 11.9 Å². The van der Waals surface area contributed by atoms with Crippen molar-refractivity contribution in [3.63, 3.8) is 0 Å². The number of aryl methyl sites for hydroxylation is 1. The number of nitrogens with zero attached hydrogens (tertiary/aromatic N) is 1. The van der Waals surface area contributed by atoms with E-state index in [0.717, 1.165) is 11.3 Å². The summed E-state index contributed by atoms with van der Waals surface area (Å²) in [5.41, 5.74) is 9.22. The smallest absolute Gasteiger partial charge is 0.0726 e. The van der Waals surface area contributed by atoms with Gasteiger partial charge < -0.3 is 5.73 Å². The van der Waals surface area contributed by atoms with Crippen LogP contribution in [0.3, 0.4) is 0 Å². The topological polar surface area (TPSA) is 38.9 Å². The van der Waals surface area contributed by atoms with Gasteiger partial charge in [0.15, 0.2) is 0 Å². The van der Waals surface area contributed by atoms with Crippen molar-refractivity contribution in [3.05, 3.63) is 64.4 Å². The maximum Gasteiger partial charge on any atom is 0.0726 e. The number of pyridine rings is 1. The number of hydrogen-bond donors (Lipinski definition) is 1. The van der Waals surface area contributed by atoms with E-state index >= 15 is 0 Å². The summed E-state index contributed by atoms with van der Waals surface area (Å²) in [4.78, 5) is 4.22. The third-order valence-corrected chi connectivity index (χ3v) is 2.73. The van der Waals surface area contributed by atoms with E-state index in [9.17, 15) is 0 Å². The Balaban J connectivity index is 2.28. The third-order valence-electron chi connectivity index (χ3n) is 2.51. The molecule has 0 saturated heterocycles. The minimum Gasteiger partial charge on any atom is -0.319 e. The normalized spacial score (nSPS) is 12.4. The number of halogens is 1. The summed E-state index contributed by atoms with van der Waals surface area (Å²) in [7, 11) is 0. The average molecular weight is 233 g/mol. The van der Waals surface area contributed by atoms with Crippen molar-refractivity contribution >= 4 is 11.6 Å². The van der Waals surface area contributed by atoms with Crippen LogP contribution in [0.1, 0.15) is 22.9 Å². The Kier molecular flexibility index (Phi) is 3.22. The largest absolute Gasteiger partial charge is 0.319 e. The van der Waals surface area contributed by atoms with Crippen molar-refractivity contribution in [1.29, 1.82) is 0 Å². The molecule has 2 aromatic rings. The first-order valence-corrected chi connectivity index (χ1v) is 5.48. The molecule has 0 aliphatic carbocycles. The zero-order valence-corrected chi connectivity index (χ0v) is 9.78. The molecule has 0 amide bonds. The molecule has 1 aromatic carbocycles. The Morgan fingerprint density at radius 3 is 2.38 bits per heavy atom. The maximum atomic E-state index is 6.11. The van der Waals surface area contributed by atoms with Crippen LogP contribution in [-0.4, -0.2) is 4.98 Å². The molecule has 1 unspecified atom stereocenters. The SMILES string of the molecule is Cc1ccc(C(N)c2ccc(Cl)cn2)cc1. The molecule has 0 aliphatic heterocycles. The summed E-state index contributed by atoms with van der Waals surface area (Å²) in [5.74, 6) is 0. The molecule has 1 atom stereocenters. The predicted octanol–water partition coefficient (Wildman–Crippen LogP) is 3.09. The Labute approximate surface area is 100 Å². The standard InChI is InChI=1S/C13H13ClN2/c1-9-2-4-10(5-3-9)13(15)12-7-6-11(14)8-16-12/h2-8,13H,15H2,1H3. The Morgan fingerprint density at radius 2 is 1.81 bits per heavy atom. The Bertz CT molecular complexity index is 417. The fourth-order valence-corrected chi connectivity index (χ4v) is 1.63. The lowest BCUT2D eigenvalue weighted by atomic mass is 10.0. The summed E-state index contributed by atoms with van der Waals surface area (Å²) in [6.45, 7) is 2.05. The minimum absolute atomic E-state index is 0.196. The zero-order chi connectivity index (χ0) is 11.5. The van der Waals surface area contributed by atoms with Gasteiger partial charge in [-0.2, -0.15) is 0 Å². The molecule has 1 aromatic heterocycles. The molecule has 0 radical (unpaired) electrons. The first-order valence-electron chi connectivity index (χ1n) is 5.10. The maximum absolute atomic E-state index is 6.11. The van der Waals surface area contributed by atoms with Crippen molar-refractivity contribution in [3.8, 4) is 0 Å². The number of hydrogen-bond acceptors (Lipinski definition) is 2. The van der Waals surface area contributed by atoms with Crippen LogP contribution in [0.15, 0.2) is 42.6 Å². The van der Waals surface area contributed by atoms with Crippen molar-refractivity contribution in [2.45, 2.75) is 13.0 Å². The highest BCUT2D eigenvalue weighted by molar-refractivity contribution is 6.30. The molecular weight excluding hydrogens is 220 g/mol. The molecule has 1 heterocycles. The molecule has 0 spiro atoms. The lowest BCUT2D eigenvalue weighted by Crippen LogP contribution is -2.13. The molecule has 2 nitrogen and oxygen atoms in total. The minimum atomic E-state index is -0.196. The molecule has 2 N–H and O–H groups in total. The van der Waals surface area contributed by atoms with Crippen molar-refractivity contribution in [1.82, 2.24) is 4.98 Å². The molecule has 0 bridgehead atoms. The van der Waals surface area contributed by atoms with E-state index in [1.165, 1.54) is 5.56 Å². The van der Waals surface area contributed by atoms with Gasteiger partial charge in [0.1, 0.15) is 0 Å². The van der Waals surface area contributed by atoms with Gasteiger partial charge in [0.05, 0.1) is 16.8 Å². The van der Waals surface area contributed by atoms with Crippen LogP contribution in [0.2, 0.25) is 5.02 Å². The van der Waals surface area contributed by atoms with Crippen molar-refractivity contribution < 1.29 is 0 Å². The number of aromatic nitrogens is 1. The molecule has 0 fully saturated rings. The average Bonchev–Trinajstić information content (AvgIpc) is 2.30. The summed E-state index contributed by atoms with van der Waals surface area (Å²) in [5, 5.41) is 0.625. The molecule has 0 aliphatic rings. The first-order chi connectivity index (χ1) is 7.66. The van der Waals surface area contributed by atoms with E-state index in [0.29, 0.717) is 5.02 Å². The summed E-state index contributed by atoms with van der Waals surface area (Å²) in [6.07, 6.45) is 1.62. The van der Waals surface area contributed by atoms with E-state index in [1.54, 1.807) is 12.3 Å². The van der Waals surface area contributed by atoms with Crippen LogP contribution in [-0.2, 0) is 0 Å². The summed E-state index contributed by atoms with van der Waals surface area (Å²) < 4.78 is 0. The lowest BCUT2D eigenvalue weighted by molar-refractivity contribution is 0.828. The first kappa shape index (κ1) is 11.1. The van der Waals surface area contributed by atoms with E-state index in [1.807, 2.05) is 30.3 Å². The van der Waals surface area contributed by atoms with Gasteiger partial charge in [-0.15, -0.1) is 0 Å². The second kappa shape index (κ2) is 4.64. The van der Waals surface area contributed by atoms with Gasteiger partial charge in [0.25, 0.3) is 0 Å². The molecule has 0 saturated carbocycles. The van der Waals surface area contributed by atoms with Gasteiger partial charge in [-0.3, -0.25) is 4.98 Å². The predicted molar refractivity (Wildman–Crippen MR) is 66.5 cm³/mol. The van der Waals surface area contributed by atoms with E-state index in [-0.39, 0.29) is 6.04 Å². The highest BCUT2D eigenvalue weighted by Gasteiger charge is 2.09. The monoisotopic (exact) mass is 232 g/mol. The van der Waals surface area contributed by atoms with Crippen molar-refractivity contribution in [2.75, 3.05) is 0 Å². The van der Waals surface area contributed by atoms with Crippen LogP contribution in [0, 0.1) is 6.92 Å². The van der Waals surface area contributed by atoms with Gasteiger partial charge in [-0.1, -0.05) is 41.4 Å². The number of rotatable bonds is 2. The second-order valence-electron chi connectivity index (χ2n) is 3.79. The number of benzene rings is 1. The van der Waals surface area contributed by atoms with Gasteiger partial charge in [-0.05, 0) is 24.6 Å². The van der Waals surface area contributed by atoms with Crippen LogP contribution in [0.5, 0.6) is 0 Å². The summed E-state index contributed by atoms with van der Waals surface area (Å²) in [6, 6.07) is 11.6. The summed E-state index contributed by atoms with van der Waals surface area (Å²) >= 11 is 5.78. The Morgan fingerprint density at radius 1 is 1.12 bits per heavy atom. The fraction of sp³-hybridized carbons (Fsp3) is 0.154. The van der Waals surface area contributed by atoms with Crippen LogP contribution in [0.25, 0.3) is 0 Å². The van der Waals surface area contributed by atoms with Crippen LogP contribution < -0.4 is 5.73 Å². The highest BCUT2D eigenvalue weighted by Crippen LogP contribution is 2.19. The fourth-order valence-electron chi connectivity index (χ4n) is 1.52. The third kappa shape index (κ3) is 2.40. The molecule has 82 valence electrons. The molecule has 16 heavy (non-hydrogen) atoms. The zero-order valence-electron chi connectivity index (χ0n) is 9.02. The van der Waals surface area contributed by atoms with Crippen LogP contribution in [0.4, 0.5) is 0 Å². The second-order valence-corrected chi connectivity index (χ2v) is 4.23. The quantitative estimate of drug-likeness (QED) is 0.864. The van der Waals surface area contributed by atoms with Gasteiger partial charge in [0.2, 0.25) is 0 Å². The lowest BCUT2D eigenvalue weighted by Gasteiger charge is -2.11. The van der Waals surface area contributed by atoms with Crippen LogP contribution >= 0.6 is 11.6 Å². The number of nitrogens with two attached hydrogens (primary N) is 1. The Hall–Kier alpha value is -1.38. The van der Waals surface area contributed by atoms with E-state index < -0.39 is 0 Å². The van der Waals surface area contributed by atoms with Gasteiger partial charge >= 0.3 is 0 Å². The molecule has 2 rings (SSSR count). The highest BCUT2D eigenvalue weighted by atomic mass is 35.5. The van der Waals surface area contributed by atoms with E-state index in [4.69, 9.17) is 17.3 Å². The van der Waals surface area contributed by atoms with Gasteiger partial charge in [-0.25, -0.2) is 0 Å².